The highest BCUT2D eigenvalue weighted by Crippen LogP contribution is 2.27. The SMILES string of the molecule is CCOC(C)(C)C(NN)C1=CCCCCCC1. The van der Waals surface area contributed by atoms with Crippen LogP contribution in [0.1, 0.15) is 59.3 Å². The van der Waals surface area contributed by atoms with Crippen LogP contribution in [0.4, 0.5) is 0 Å². The fraction of sp³-hybridized carbons (Fsp3) is 0.857. The molecule has 3 heteroatoms. The number of allylic oxidation sites excluding steroid dienone is 1. The highest BCUT2D eigenvalue weighted by Gasteiger charge is 2.31. The van der Waals surface area contributed by atoms with E-state index in [2.05, 4.69) is 25.3 Å². The van der Waals surface area contributed by atoms with Gasteiger partial charge in [-0.1, -0.05) is 24.5 Å². The van der Waals surface area contributed by atoms with E-state index in [9.17, 15) is 0 Å². The van der Waals surface area contributed by atoms with Crippen molar-refractivity contribution in [3.63, 3.8) is 0 Å². The van der Waals surface area contributed by atoms with Crippen LogP contribution in [-0.2, 0) is 4.74 Å². The Morgan fingerprint density at radius 3 is 2.71 bits per heavy atom. The van der Waals surface area contributed by atoms with Crippen LogP contribution >= 0.6 is 0 Å². The molecule has 0 saturated carbocycles. The lowest BCUT2D eigenvalue weighted by Gasteiger charge is -2.36. The van der Waals surface area contributed by atoms with Crippen molar-refractivity contribution in [3.05, 3.63) is 11.6 Å². The summed E-state index contributed by atoms with van der Waals surface area (Å²) < 4.78 is 5.82. The third kappa shape index (κ3) is 4.41. The quantitative estimate of drug-likeness (QED) is 0.441. The second-order valence-corrected chi connectivity index (χ2v) is 5.37. The monoisotopic (exact) mass is 240 g/mol. The van der Waals surface area contributed by atoms with E-state index in [0.29, 0.717) is 0 Å². The van der Waals surface area contributed by atoms with Crippen molar-refractivity contribution in [1.82, 2.24) is 5.43 Å². The molecule has 1 rings (SSSR count). The lowest BCUT2D eigenvalue weighted by molar-refractivity contribution is -0.0301. The van der Waals surface area contributed by atoms with Crippen LogP contribution in [0.25, 0.3) is 0 Å². The molecule has 0 heterocycles. The van der Waals surface area contributed by atoms with Crippen LogP contribution in [0.15, 0.2) is 11.6 Å². The molecule has 0 aromatic rings. The Morgan fingerprint density at radius 1 is 1.35 bits per heavy atom. The van der Waals surface area contributed by atoms with E-state index in [1.165, 1.54) is 37.7 Å². The minimum absolute atomic E-state index is 0.126. The molecular formula is C14H28N2O. The molecule has 0 amide bonds. The van der Waals surface area contributed by atoms with E-state index in [1.807, 2.05) is 6.92 Å². The summed E-state index contributed by atoms with van der Waals surface area (Å²) >= 11 is 0. The molecule has 1 atom stereocenters. The zero-order valence-electron chi connectivity index (χ0n) is 11.6. The first-order chi connectivity index (χ1) is 8.11. The molecule has 17 heavy (non-hydrogen) atoms. The molecule has 3 N–H and O–H groups in total. The zero-order valence-corrected chi connectivity index (χ0v) is 11.6. The lowest BCUT2D eigenvalue weighted by Crippen LogP contribution is -2.52. The average molecular weight is 240 g/mol. The van der Waals surface area contributed by atoms with Crippen LogP contribution in [0.5, 0.6) is 0 Å². The normalized spacial score (nSPS) is 20.4. The molecule has 0 aromatic heterocycles. The maximum Gasteiger partial charge on any atom is 0.0829 e. The number of hydrazine groups is 1. The summed E-state index contributed by atoms with van der Waals surface area (Å²) in [6.07, 6.45) is 9.96. The first kappa shape index (κ1) is 14.7. The molecule has 0 aliphatic heterocycles. The van der Waals surface area contributed by atoms with Gasteiger partial charge in [0.15, 0.2) is 0 Å². The van der Waals surface area contributed by atoms with Crippen LogP contribution in [0.2, 0.25) is 0 Å². The number of rotatable bonds is 5. The summed E-state index contributed by atoms with van der Waals surface area (Å²) in [4.78, 5) is 0. The Hall–Kier alpha value is -0.380. The summed E-state index contributed by atoms with van der Waals surface area (Å²) in [6, 6.07) is 0.126. The summed E-state index contributed by atoms with van der Waals surface area (Å²) in [5, 5.41) is 0. The van der Waals surface area contributed by atoms with Gasteiger partial charge in [0, 0.05) is 6.61 Å². The van der Waals surface area contributed by atoms with Gasteiger partial charge in [-0.15, -0.1) is 0 Å². The fourth-order valence-corrected chi connectivity index (χ4v) is 2.69. The molecule has 0 fully saturated rings. The minimum atomic E-state index is -0.242. The highest BCUT2D eigenvalue weighted by atomic mass is 16.5. The van der Waals surface area contributed by atoms with Gasteiger partial charge in [-0.25, -0.2) is 0 Å². The van der Waals surface area contributed by atoms with Crippen molar-refractivity contribution in [2.75, 3.05) is 6.61 Å². The number of hydrogen-bond acceptors (Lipinski definition) is 3. The van der Waals surface area contributed by atoms with Crippen molar-refractivity contribution >= 4 is 0 Å². The molecule has 0 radical (unpaired) electrons. The summed E-state index contributed by atoms with van der Waals surface area (Å²) in [5.41, 5.74) is 4.13. The molecular weight excluding hydrogens is 212 g/mol. The minimum Gasteiger partial charge on any atom is -0.374 e. The number of hydrogen-bond donors (Lipinski definition) is 2. The maximum absolute atomic E-state index is 5.82. The number of nitrogens with two attached hydrogens (primary N) is 1. The molecule has 100 valence electrons. The van der Waals surface area contributed by atoms with E-state index in [-0.39, 0.29) is 11.6 Å². The van der Waals surface area contributed by atoms with Crippen LogP contribution < -0.4 is 11.3 Å². The molecule has 0 spiro atoms. The summed E-state index contributed by atoms with van der Waals surface area (Å²) in [7, 11) is 0. The van der Waals surface area contributed by atoms with Crippen molar-refractivity contribution in [2.24, 2.45) is 5.84 Å². The predicted octanol–water partition coefficient (Wildman–Crippen LogP) is 2.91. The molecule has 1 aliphatic carbocycles. The van der Waals surface area contributed by atoms with E-state index < -0.39 is 0 Å². The van der Waals surface area contributed by atoms with Gasteiger partial charge in [-0.2, -0.15) is 0 Å². The van der Waals surface area contributed by atoms with Gasteiger partial charge >= 0.3 is 0 Å². The fourth-order valence-electron chi connectivity index (χ4n) is 2.69. The molecule has 0 bridgehead atoms. The van der Waals surface area contributed by atoms with Crippen molar-refractivity contribution in [1.29, 1.82) is 0 Å². The van der Waals surface area contributed by atoms with Gasteiger partial charge in [0.1, 0.15) is 0 Å². The van der Waals surface area contributed by atoms with Gasteiger partial charge in [0.05, 0.1) is 11.6 Å². The molecule has 1 unspecified atom stereocenters. The predicted molar refractivity (Wildman–Crippen MR) is 72.6 cm³/mol. The Morgan fingerprint density at radius 2 is 2.06 bits per heavy atom. The van der Waals surface area contributed by atoms with Crippen molar-refractivity contribution in [2.45, 2.75) is 70.9 Å². The van der Waals surface area contributed by atoms with E-state index in [0.717, 1.165) is 13.0 Å². The standard InChI is InChI=1S/C14H28N2O/c1-4-17-14(2,3)13(16-15)12-10-8-6-5-7-9-11-12/h10,13,16H,4-9,11,15H2,1-3H3. The molecule has 0 aromatic carbocycles. The highest BCUT2D eigenvalue weighted by molar-refractivity contribution is 5.16. The van der Waals surface area contributed by atoms with Crippen LogP contribution in [0, 0.1) is 0 Å². The Bertz CT molecular complexity index is 249. The van der Waals surface area contributed by atoms with Crippen molar-refractivity contribution < 1.29 is 4.74 Å². The van der Waals surface area contributed by atoms with Crippen LogP contribution in [0.3, 0.4) is 0 Å². The van der Waals surface area contributed by atoms with Crippen molar-refractivity contribution in [3.8, 4) is 0 Å². The van der Waals surface area contributed by atoms with Crippen LogP contribution in [-0.4, -0.2) is 18.2 Å². The molecule has 3 nitrogen and oxygen atoms in total. The van der Waals surface area contributed by atoms with E-state index >= 15 is 0 Å². The van der Waals surface area contributed by atoms with Gasteiger partial charge in [-0.05, 0) is 46.5 Å². The summed E-state index contributed by atoms with van der Waals surface area (Å²) in [5.74, 6) is 5.74. The van der Waals surface area contributed by atoms with Gasteiger partial charge in [-0.3, -0.25) is 11.3 Å². The third-order valence-electron chi connectivity index (χ3n) is 3.58. The largest absolute Gasteiger partial charge is 0.374 e. The van der Waals surface area contributed by atoms with Gasteiger partial charge < -0.3 is 4.74 Å². The third-order valence-corrected chi connectivity index (χ3v) is 3.58. The smallest absolute Gasteiger partial charge is 0.0829 e. The van der Waals surface area contributed by atoms with Gasteiger partial charge in [0.2, 0.25) is 0 Å². The maximum atomic E-state index is 5.82. The average Bonchev–Trinajstić information content (AvgIpc) is 2.21. The first-order valence-corrected chi connectivity index (χ1v) is 6.91. The molecule has 1 aliphatic rings. The molecule has 0 saturated heterocycles. The Labute approximate surface area is 106 Å². The Balaban J connectivity index is 2.76. The second kappa shape index (κ2) is 7.14. The lowest BCUT2D eigenvalue weighted by atomic mass is 9.86. The Kier molecular flexibility index (Phi) is 6.17. The number of ether oxygens (including phenoxy) is 1. The topological polar surface area (TPSA) is 47.3 Å². The first-order valence-electron chi connectivity index (χ1n) is 6.91. The van der Waals surface area contributed by atoms with Gasteiger partial charge in [0.25, 0.3) is 0 Å². The number of nitrogens with one attached hydrogen (secondary N) is 1. The van der Waals surface area contributed by atoms with E-state index in [1.54, 1.807) is 0 Å². The van der Waals surface area contributed by atoms with E-state index in [4.69, 9.17) is 10.6 Å². The zero-order chi connectivity index (χ0) is 12.7. The summed E-state index contributed by atoms with van der Waals surface area (Å²) in [6.45, 7) is 6.97. The second-order valence-electron chi connectivity index (χ2n) is 5.37.